The van der Waals surface area contributed by atoms with Crippen molar-refractivity contribution in [2.75, 3.05) is 0 Å². The van der Waals surface area contributed by atoms with Crippen LogP contribution in [0.4, 0.5) is 0 Å². The maximum atomic E-state index is 13.5. The molecule has 0 aromatic heterocycles. The Kier molecular flexibility index (Phi) is 5.15. The van der Waals surface area contributed by atoms with Gasteiger partial charge in [-0.25, -0.2) is 0 Å². The van der Waals surface area contributed by atoms with Crippen LogP contribution in [0.3, 0.4) is 0 Å². The largest absolute Gasteiger partial charge is 0.481 e. The van der Waals surface area contributed by atoms with E-state index in [1.54, 1.807) is 0 Å². The van der Waals surface area contributed by atoms with E-state index in [4.69, 9.17) is 0 Å². The molecule has 5 rings (SSSR count). The molecule has 0 saturated heterocycles. The second-order valence-corrected chi connectivity index (χ2v) is 14.6. The van der Waals surface area contributed by atoms with E-state index in [0.29, 0.717) is 23.7 Å². The van der Waals surface area contributed by atoms with Crippen LogP contribution in [0, 0.1) is 56.7 Å². The van der Waals surface area contributed by atoms with Gasteiger partial charge in [-0.3, -0.25) is 4.79 Å². The molecule has 5 fully saturated rings. The van der Waals surface area contributed by atoms with Gasteiger partial charge in [-0.15, -0.1) is 0 Å². The van der Waals surface area contributed by atoms with Gasteiger partial charge in [-0.1, -0.05) is 46.8 Å². The highest BCUT2D eigenvalue weighted by Gasteiger charge is 2.74. The number of aliphatic carboxylic acids is 1. The number of aliphatic hydroxyl groups excluding tert-OH is 1. The number of hydrogen-bond donors (Lipinski definition) is 2. The third-order valence-corrected chi connectivity index (χ3v) is 13.2. The van der Waals surface area contributed by atoms with E-state index < -0.39 is 11.4 Å². The van der Waals surface area contributed by atoms with E-state index in [1.165, 1.54) is 18.4 Å². The summed E-state index contributed by atoms with van der Waals surface area (Å²) in [7, 11) is 0. The van der Waals surface area contributed by atoms with Crippen molar-refractivity contribution in [3.8, 4) is 0 Å². The predicted octanol–water partition coefficient (Wildman–Crippen LogP) is 7.09. The van der Waals surface area contributed by atoms with Crippen LogP contribution < -0.4 is 0 Å². The van der Waals surface area contributed by atoms with Crippen molar-refractivity contribution in [3.63, 3.8) is 0 Å². The van der Waals surface area contributed by atoms with Gasteiger partial charge in [-0.2, -0.15) is 0 Å². The van der Waals surface area contributed by atoms with Crippen molar-refractivity contribution in [1.29, 1.82) is 0 Å². The number of carbonyl (C=O) groups is 1. The number of fused-ring (bicyclic) bond motifs is 7. The van der Waals surface area contributed by atoms with Crippen LogP contribution in [0.5, 0.6) is 0 Å². The van der Waals surface area contributed by atoms with Gasteiger partial charge < -0.3 is 10.2 Å². The van der Waals surface area contributed by atoms with Gasteiger partial charge in [0.2, 0.25) is 0 Å². The zero-order valence-corrected chi connectivity index (χ0v) is 22.0. The van der Waals surface area contributed by atoms with E-state index >= 15 is 0 Å². The molecule has 33 heavy (non-hydrogen) atoms. The topological polar surface area (TPSA) is 57.5 Å². The zero-order valence-electron chi connectivity index (χ0n) is 22.0. The molecule has 5 aliphatic rings. The highest BCUT2D eigenvalue weighted by Crippen LogP contribution is 2.77. The molecule has 0 bridgehead atoms. The fourth-order valence-corrected chi connectivity index (χ4v) is 11.6. The van der Waals surface area contributed by atoms with Gasteiger partial charge in [0.1, 0.15) is 0 Å². The number of allylic oxidation sites excluding steroid dienone is 1. The summed E-state index contributed by atoms with van der Waals surface area (Å²) in [5, 5.41) is 22.0. The normalized spacial score (nSPS) is 55.0. The molecule has 3 nitrogen and oxygen atoms in total. The third-order valence-electron chi connectivity index (χ3n) is 13.2. The van der Waals surface area contributed by atoms with Gasteiger partial charge in [0.05, 0.1) is 11.5 Å². The lowest BCUT2D eigenvalue weighted by atomic mass is 9.32. The summed E-state index contributed by atoms with van der Waals surface area (Å²) < 4.78 is 0. The third kappa shape index (κ3) is 2.75. The highest BCUT2D eigenvalue weighted by molar-refractivity contribution is 5.77. The molecule has 0 unspecified atom stereocenters. The number of rotatable bonds is 2. The summed E-state index contributed by atoms with van der Waals surface area (Å²) in [6, 6.07) is 0. The monoisotopic (exact) mass is 456 g/mol. The van der Waals surface area contributed by atoms with Gasteiger partial charge >= 0.3 is 5.97 Å². The first-order valence-electron chi connectivity index (χ1n) is 13.8. The van der Waals surface area contributed by atoms with Crippen LogP contribution >= 0.6 is 0 Å². The minimum Gasteiger partial charge on any atom is -0.481 e. The molecule has 2 N–H and O–H groups in total. The van der Waals surface area contributed by atoms with Gasteiger partial charge in [0.15, 0.2) is 0 Å². The molecule has 10 atom stereocenters. The van der Waals surface area contributed by atoms with Gasteiger partial charge in [0.25, 0.3) is 0 Å². The molecule has 186 valence electrons. The van der Waals surface area contributed by atoms with E-state index in [2.05, 4.69) is 48.1 Å². The first-order valence-corrected chi connectivity index (χ1v) is 13.8. The minimum absolute atomic E-state index is 0.0940. The van der Waals surface area contributed by atoms with Crippen molar-refractivity contribution in [3.05, 3.63) is 12.2 Å². The Hall–Kier alpha value is -0.830. The molecule has 3 heteroatoms. The van der Waals surface area contributed by atoms with Crippen molar-refractivity contribution in [2.24, 2.45) is 56.7 Å². The van der Waals surface area contributed by atoms with Crippen LogP contribution in [0.15, 0.2) is 12.2 Å². The maximum Gasteiger partial charge on any atom is 0.310 e. The second-order valence-electron chi connectivity index (χ2n) is 14.6. The van der Waals surface area contributed by atoms with E-state index in [-0.39, 0.29) is 33.7 Å². The molecule has 0 amide bonds. The Labute approximate surface area is 201 Å². The lowest BCUT2D eigenvalue weighted by Gasteiger charge is -2.72. The first kappa shape index (κ1) is 23.9. The quantitative estimate of drug-likeness (QED) is 0.436. The van der Waals surface area contributed by atoms with Crippen molar-refractivity contribution >= 4 is 5.97 Å². The summed E-state index contributed by atoms with van der Waals surface area (Å²) in [6.07, 6.45) is 10.2. The molecule has 0 aromatic carbocycles. The molecule has 0 heterocycles. The number of aliphatic hydroxyl groups is 1. The van der Waals surface area contributed by atoms with Crippen molar-refractivity contribution < 1.29 is 15.0 Å². The SMILES string of the molecule is C=C(C)[C@@H]1CC[C@]2(C)CC[C@]3(C(=O)O)[C@H](CC[C@@H]4[C@@]5(C)CC[C@@H](O)C(C)(C)[C@@H]5CC[C@]43C)[C@@H]12. The summed E-state index contributed by atoms with van der Waals surface area (Å²) >= 11 is 0. The number of hydrogen-bond acceptors (Lipinski definition) is 2. The van der Waals surface area contributed by atoms with Crippen LogP contribution in [-0.4, -0.2) is 22.3 Å². The molecule has 5 aliphatic carbocycles. The molecule has 0 aromatic rings. The van der Waals surface area contributed by atoms with Crippen LogP contribution in [0.25, 0.3) is 0 Å². The lowest BCUT2D eigenvalue weighted by molar-refractivity contribution is -0.253. The molecular weight excluding hydrogens is 408 g/mol. The summed E-state index contributed by atoms with van der Waals surface area (Å²) in [5.41, 5.74) is 0.780. The van der Waals surface area contributed by atoms with Crippen LogP contribution in [0.2, 0.25) is 0 Å². The highest BCUT2D eigenvalue weighted by atomic mass is 16.4. The van der Waals surface area contributed by atoms with E-state index in [9.17, 15) is 15.0 Å². The minimum atomic E-state index is -0.619. The standard InChI is InChI=1S/C30H48O3/c1-18(2)19-10-13-27(5)16-17-30(25(32)33)20(24(19)27)8-9-22-28(6)14-12-23(31)26(3,4)21(28)11-15-29(22,30)7/h19-24,31H,1,8-17H2,2-7H3,(H,32,33)/t19-,20+,21-,22+,23+,24+,27+,28-,29+,30+/m0/s1. The van der Waals surface area contributed by atoms with Crippen LogP contribution in [0.1, 0.15) is 106 Å². The zero-order chi connectivity index (χ0) is 24.2. The summed E-state index contributed by atoms with van der Waals surface area (Å²) in [6.45, 7) is 18.4. The Balaban J connectivity index is 1.62. The summed E-state index contributed by atoms with van der Waals surface area (Å²) in [4.78, 5) is 13.5. The fraction of sp³-hybridized carbons (Fsp3) is 0.900. The van der Waals surface area contributed by atoms with Gasteiger partial charge in [0, 0.05) is 0 Å². The number of carboxylic acids is 1. The smallest absolute Gasteiger partial charge is 0.310 e. The van der Waals surface area contributed by atoms with E-state index in [0.717, 1.165) is 51.4 Å². The van der Waals surface area contributed by atoms with E-state index in [1.807, 2.05) is 0 Å². The average Bonchev–Trinajstić information content (AvgIpc) is 3.08. The molecule has 0 aliphatic heterocycles. The predicted molar refractivity (Wildman–Crippen MR) is 133 cm³/mol. The molecule has 0 radical (unpaired) electrons. The fourth-order valence-electron chi connectivity index (χ4n) is 11.6. The van der Waals surface area contributed by atoms with Gasteiger partial charge in [-0.05, 0) is 122 Å². The average molecular weight is 457 g/mol. The second kappa shape index (κ2) is 7.11. The number of carboxylic acid groups (broad SMARTS) is 1. The lowest BCUT2D eigenvalue weighted by Crippen LogP contribution is -2.69. The molecule has 5 saturated carbocycles. The Bertz CT molecular complexity index is 861. The Morgan fingerprint density at radius 3 is 2.18 bits per heavy atom. The van der Waals surface area contributed by atoms with Crippen molar-refractivity contribution in [1.82, 2.24) is 0 Å². The Morgan fingerprint density at radius 1 is 0.848 bits per heavy atom. The maximum absolute atomic E-state index is 13.5. The summed E-state index contributed by atoms with van der Waals surface area (Å²) in [5.74, 6) is 1.60. The molecule has 0 spiro atoms. The van der Waals surface area contributed by atoms with Crippen LogP contribution in [-0.2, 0) is 4.79 Å². The first-order chi connectivity index (χ1) is 15.3. The molecular formula is C30H48O3. The van der Waals surface area contributed by atoms with Crippen molar-refractivity contribution in [2.45, 2.75) is 112 Å². The Morgan fingerprint density at radius 2 is 1.55 bits per heavy atom.